The fourth-order valence-electron chi connectivity index (χ4n) is 4.81. The first-order valence-electron chi connectivity index (χ1n) is 18.7. The highest BCUT2D eigenvalue weighted by Crippen LogP contribution is 2.30. The quantitative estimate of drug-likeness (QED) is 0.0186. The smallest absolute Gasteiger partial charge is 0.206 e. The first kappa shape index (κ1) is 49.9. The van der Waals surface area contributed by atoms with Crippen LogP contribution in [-0.2, 0) is 0 Å². The largest absolute Gasteiger partial charge is 0.492 e. The number of aryl methyl sites for hydroxylation is 2. The van der Waals surface area contributed by atoms with E-state index in [2.05, 4.69) is 55.6 Å². The number of nitrogens with two attached hydrogens (primary N) is 2. The number of nitrogen functional groups attached to an aromatic ring is 1. The van der Waals surface area contributed by atoms with Gasteiger partial charge < -0.3 is 41.4 Å². The topological polar surface area (TPSA) is 160 Å². The number of hydrogen-bond donors (Lipinski definition) is 4. The zero-order valence-corrected chi connectivity index (χ0v) is 39.9. The number of benzene rings is 4. The van der Waals surface area contributed by atoms with Gasteiger partial charge in [0.1, 0.15) is 35.4 Å². The number of hydrogen-bond acceptors (Lipinski definition) is 12. The summed E-state index contributed by atoms with van der Waals surface area (Å²) in [6, 6.07) is 30.2. The van der Waals surface area contributed by atoms with Crippen LogP contribution in [0.2, 0.25) is 0 Å². The van der Waals surface area contributed by atoms with Crippen LogP contribution in [0.15, 0.2) is 102 Å². The van der Waals surface area contributed by atoms with E-state index in [-0.39, 0.29) is 17.4 Å². The van der Waals surface area contributed by atoms with Crippen molar-refractivity contribution in [2.75, 3.05) is 81.7 Å². The third-order valence-electron chi connectivity index (χ3n) is 7.87. The molecule has 0 aliphatic heterocycles. The Morgan fingerprint density at radius 3 is 1.87 bits per heavy atom. The van der Waals surface area contributed by atoms with Crippen LogP contribution in [0.4, 0.5) is 22.3 Å². The monoisotopic (exact) mass is 952 g/mol. The number of nitrogens with zero attached hydrogens (tertiary/aromatic N) is 4. The summed E-state index contributed by atoms with van der Waals surface area (Å²) in [5, 5.41) is 7.98. The minimum atomic E-state index is -0.114. The number of alkyl halides is 1. The van der Waals surface area contributed by atoms with Crippen LogP contribution in [-0.4, -0.2) is 102 Å². The van der Waals surface area contributed by atoms with Gasteiger partial charge in [-0.25, -0.2) is 4.98 Å². The summed E-state index contributed by atoms with van der Waals surface area (Å²) < 4.78 is 11.3. The van der Waals surface area contributed by atoms with Crippen LogP contribution in [0.5, 0.6) is 11.5 Å². The van der Waals surface area contributed by atoms with E-state index in [0.717, 1.165) is 58.1 Å². The van der Waals surface area contributed by atoms with Crippen molar-refractivity contribution in [3.05, 3.63) is 124 Å². The Morgan fingerprint density at radius 1 is 0.850 bits per heavy atom. The van der Waals surface area contributed by atoms with E-state index in [4.69, 9.17) is 33.2 Å². The van der Waals surface area contributed by atoms with Gasteiger partial charge in [-0.1, -0.05) is 86.6 Å². The predicted octanol–water partition coefficient (Wildman–Crippen LogP) is 8.73. The maximum Gasteiger partial charge on any atom is 0.206 e. The molecular weight excluding hydrogens is 900 g/mol. The molecule has 0 saturated heterocycles. The normalized spacial score (nSPS) is 10.9. The van der Waals surface area contributed by atoms with Crippen molar-refractivity contribution in [2.45, 2.75) is 13.8 Å². The molecule has 1 heterocycles. The highest BCUT2D eigenvalue weighted by molar-refractivity contribution is 9.09. The third-order valence-corrected chi connectivity index (χ3v) is 10.6. The Bertz CT molecular complexity index is 2150. The van der Waals surface area contributed by atoms with Gasteiger partial charge in [0, 0.05) is 41.1 Å². The number of rotatable bonds is 16. The van der Waals surface area contributed by atoms with Crippen LogP contribution in [0, 0.1) is 13.8 Å². The number of likely N-dealkylation sites (N-methyl/N-ethyl adjacent to an activating group) is 2. The van der Waals surface area contributed by atoms with Crippen molar-refractivity contribution in [1.29, 1.82) is 0 Å². The highest BCUT2D eigenvalue weighted by atomic mass is 79.9. The first-order chi connectivity index (χ1) is 28.7. The minimum absolute atomic E-state index is 0.114. The Kier molecular flexibility index (Phi) is 22.2. The van der Waals surface area contributed by atoms with Gasteiger partial charge in [0.15, 0.2) is 21.2 Å². The Morgan fingerprint density at radius 2 is 1.37 bits per heavy atom. The zero-order chi connectivity index (χ0) is 44.0. The number of thioether (sulfide) groups is 1. The molecule has 5 rings (SSSR count). The maximum atomic E-state index is 12.7. The van der Waals surface area contributed by atoms with Crippen molar-refractivity contribution in [1.82, 2.24) is 14.8 Å². The second-order valence-electron chi connectivity index (χ2n) is 13.5. The standard InChI is InChI=1S/C21H24N4O2S.C13H21N4OPS2.C9H9BrO/c1-14-5-4-6-15(13-14)18(26)19-20(22)24-21(28-19)23-16-7-9-17(10-8-16)27-12-11-25(2)3;1-17(2)7-8-18-11-5-3-10(4-6-11)15-13(20)16-12(14)21-9-19;1-7-3-2-4-8(5-7)9(11)6-10/h4-10,13H,11-12,22H2,1-3H3,(H,23,24);3-6H,7-9,19H2,1-2H3,(H3,14,15,16,20);2-5H,6H2,1H3. The average Bonchev–Trinajstić information content (AvgIpc) is 3.58. The summed E-state index contributed by atoms with van der Waals surface area (Å²) in [7, 11) is 10.6. The molecule has 1 aromatic heterocycles. The van der Waals surface area contributed by atoms with Crippen molar-refractivity contribution < 1.29 is 19.1 Å². The van der Waals surface area contributed by atoms with E-state index in [9.17, 15) is 9.59 Å². The molecule has 17 heteroatoms. The van der Waals surface area contributed by atoms with Gasteiger partial charge in [-0.2, -0.15) is 4.99 Å². The lowest BCUT2D eigenvalue weighted by molar-refractivity contribution is 0.102. The van der Waals surface area contributed by atoms with Crippen molar-refractivity contribution in [2.24, 2.45) is 10.7 Å². The number of ketones is 2. The molecule has 320 valence electrons. The molecule has 5 aromatic rings. The molecule has 0 aliphatic rings. The van der Waals surface area contributed by atoms with Crippen LogP contribution < -0.4 is 31.6 Å². The fourth-order valence-corrected chi connectivity index (χ4v) is 7.12. The molecular formula is C43H54BrN8O4PS3. The van der Waals surface area contributed by atoms with Gasteiger partial charge in [-0.15, -0.1) is 9.24 Å². The number of thiocarbonyl (C=S) groups is 1. The van der Waals surface area contributed by atoms with Gasteiger partial charge in [0.2, 0.25) is 5.78 Å². The van der Waals surface area contributed by atoms with E-state index < -0.39 is 0 Å². The number of halogens is 1. The predicted molar refractivity (Wildman–Crippen MR) is 265 cm³/mol. The Labute approximate surface area is 378 Å². The Hall–Kier alpha value is -4.41. The van der Waals surface area contributed by atoms with Gasteiger partial charge >= 0.3 is 0 Å². The van der Waals surface area contributed by atoms with Crippen molar-refractivity contribution in [3.8, 4) is 11.5 Å². The van der Waals surface area contributed by atoms with Gasteiger partial charge in [0.25, 0.3) is 0 Å². The van der Waals surface area contributed by atoms with E-state index in [1.54, 1.807) is 6.07 Å². The maximum absolute atomic E-state index is 12.7. The number of amidine groups is 1. The number of nitrogens with one attached hydrogen (secondary N) is 2. The van der Waals surface area contributed by atoms with Crippen LogP contribution >= 0.6 is 60.5 Å². The van der Waals surface area contributed by atoms with Gasteiger partial charge in [-0.3, -0.25) is 9.59 Å². The number of ether oxygens (including phenoxy) is 2. The summed E-state index contributed by atoms with van der Waals surface area (Å²) in [5.41, 5.74) is 17.7. The third kappa shape index (κ3) is 18.9. The van der Waals surface area contributed by atoms with E-state index in [0.29, 0.717) is 44.4 Å². The summed E-state index contributed by atoms with van der Waals surface area (Å²) in [5.74, 6) is 1.89. The summed E-state index contributed by atoms with van der Waals surface area (Å²) >= 11 is 10.9. The molecule has 0 bridgehead atoms. The molecule has 4 aromatic carbocycles. The number of aliphatic imine (C=N–C) groups is 1. The summed E-state index contributed by atoms with van der Waals surface area (Å²) in [6.45, 7) is 6.96. The van der Waals surface area contributed by atoms with E-state index in [1.807, 2.05) is 133 Å². The van der Waals surface area contributed by atoms with Crippen molar-refractivity contribution >= 4 is 105 Å². The molecule has 0 saturated carbocycles. The zero-order valence-electron chi connectivity index (χ0n) is 34.7. The minimum Gasteiger partial charge on any atom is -0.492 e. The van der Waals surface area contributed by atoms with Gasteiger partial charge in [0.05, 0.1) is 5.33 Å². The number of Topliss-reactive ketones (excluding diaryl/α,β-unsaturated/α-hetero) is 1. The molecule has 1 atom stereocenters. The molecule has 0 spiro atoms. The molecule has 1 unspecified atom stereocenters. The van der Waals surface area contributed by atoms with E-state index in [1.165, 1.54) is 23.1 Å². The Balaban J connectivity index is 0.000000264. The number of carbonyl (C=O) groups is 2. The second kappa shape index (κ2) is 26.7. The number of carbonyl (C=O) groups excluding carboxylic acids is 2. The summed E-state index contributed by atoms with van der Waals surface area (Å²) in [6.07, 6.45) is 0. The molecule has 12 nitrogen and oxygen atoms in total. The molecule has 6 N–H and O–H groups in total. The number of aromatic nitrogens is 1. The number of anilines is 4. The van der Waals surface area contributed by atoms with Crippen LogP contribution in [0.25, 0.3) is 0 Å². The van der Waals surface area contributed by atoms with Gasteiger partial charge in [-0.05, 0) is 115 Å². The summed E-state index contributed by atoms with van der Waals surface area (Å²) in [4.78, 5) is 36.8. The lowest BCUT2D eigenvalue weighted by Crippen LogP contribution is -2.19. The van der Waals surface area contributed by atoms with E-state index >= 15 is 0 Å². The SMILES string of the molecule is CN(C)CCOc1ccc(NC(=S)N=C(N)SCP)cc1.Cc1cccc(C(=O)CBr)c1.Cc1cccc(C(=O)c2sc(Nc3ccc(OCCN(C)C)cc3)nc2N)c1. The number of thiazole rings is 1. The van der Waals surface area contributed by atoms with Crippen molar-refractivity contribution in [3.63, 3.8) is 0 Å². The molecule has 0 amide bonds. The second-order valence-corrected chi connectivity index (χ2v) is 17.5. The lowest BCUT2D eigenvalue weighted by Gasteiger charge is -2.11. The van der Waals surface area contributed by atoms with Crippen LogP contribution in [0.1, 0.15) is 36.7 Å². The molecule has 0 aliphatic carbocycles. The molecule has 0 fully saturated rings. The average molecular weight is 954 g/mol. The fraction of sp³-hybridized carbons (Fsp3) is 0.279. The van der Waals surface area contributed by atoms with Crippen LogP contribution in [0.3, 0.4) is 0 Å². The highest BCUT2D eigenvalue weighted by Gasteiger charge is 2.18. The first-order valence-corrected chi connectivity index (χ1v) is 22.9. The lowest BCUT2D eigenvalue weighted by atomic mass is 10.1. The molecule has 60 heavy (non-hydrogen) atoms. The molecule has 0 radical (unpaired) electrons.